The molecule has 0 heterocycles. The first kappa shape index (κ1) is 31.5. The number of carboxylic acids is 1. The molecule has 1 aromatic rings. The van der Waals surface area contributed by atoms with E-state index in [0.717, 1.165) is 0 Å². The van der Waals surface area contributed by atoms with Crippen molar-refractivity contribution >= 4 is 41.4 Å². The van der Waals surface area contributed by atoms with Gasteiger partial charge in [0.25, 0.3) is 0 Å². The maximum Gasteiger partial charge on any atom is 0.326 e. The van der Waals surface area contributed by atoms with Gasteiger partial charge in [0.15, 0.2) is 0 Å². The zero-order valence-corrected chi connectivity index (χ0v) is 20.6. The molecule has 15 nitrogen and oxygen atoms in total. The molecule has 0 saturated carbocycles. The predicted molar refractivity (Wildman–Crippen MR) is 132 cm³/mol. The van der Waals surface area contributed by atoms with Crippen LogP contribution >= 0.6 is 0 Å². The molecule has 4 atom stereocenters. The summed E-state index contributed by atoms with van der Waals surface area (Å²) in [5, 5.41) is 16.5. The third-order valence-electron chi connectivity index (χ3n) is 5.28. The number of aliphatic carboxylic acids is 1. The lowest BCUT2D eigenvalue weighted by Gasteiger charge is -2.25. The van der Waals surface area contributed by atoms with Crippen LogP contribution in [0.5, 0.6) is 0 Å². The molecule has 15 heteroatoms. The first-order valence-electron chi connectivity index (χ1n) is 11.6. The Morgan fingerprint density at radius 1 is 0.684 bits per heavy atom. The van der Waals surface area contributed by atoms with Gasteiger partial charge in [-0.05, 0) is 18.4 Å². The minimum atomic E-state index is -1.43. The second-order valence-corrected chi connectivity index (χ2v) is 8.50. The van der Waals surface area contributed by atoms with Crippen LogP contribution in [-0.2, 0) is 40.0 Å². The van der Waals surface area contributed by atoms with Gasteiger partial charge in [-0.15, -0.1) is 0 Å². The first-order valence-corrected chi connectivity index (χ1v) is 11.6. The molecule has 0 radical (unpaired) electrons. The Kier molecular flexibility index (Phi) is 12.9. The second kappa shape index (κ2) is 15.6. The minimum Gasteiger partial charge on any atom is -0.480 e. The van der Waals surface area contributed by atoms with E-state index >= 15 is 0 Å². The third kappa shape index (κ3) is 11.9. The fraction of sp³-hybridized carbons (Fsp3) is 0.435. The van der Waals surface area contributed by atoms with Crippen LogP contribution in [0.25, 0.3) is 0 Å². The molecule has 0 aliphatic heterocycles. The van der Waals surface area contributed by atoms with Gasteiger partial charge in [0.1, 0.15) is 18.1 Å². The molecule has 0 aliphatic rings. The quantitative estimate of drug-likeness (QED) is 0.0980. The number of primary amides is 3. The standard InChI is InChI=1S/C23H33N7O8/c24-13(11-19(27)33)20(34)28-14(6-8-17(25)31)21(35)29-15(7-9-18(26)32)22(36)30-16(23(37)38)10-12-4-2-1-3-5-12/h1-5,13-16H,6-11,24H2,(H2,25,31)(H2,26,32)(H2,27,33)(H,28,34)(H,29,35)(H,30,36)(H,37,38). The highest BCUT2D eigenvalue weighted by atomic mass is 16.4. The highest BCUT2D eigenvalue weighted by Gasteiger charge is 2.31. The second-order valence-electron chi connectivity index (χ2n) is 8.50. The average Bonchev–Trinajstić information content (AvgIpc) is 2.83. The molecule has 0 spiro atoms. The number of nitrogens with two attached hydrogens (primary N) is 4. The van der Waals surface area contributed by atoms with Crippen LogP contribution in [0, 0.1) is 0 Å². The molecule has 0 aromatic heterocycles. The van der Waals surface area contributed by atoms with Gasteiger partial charge < -0.3 is 44.0 Å². The van der Waals surface area contributed by atoms with E-state index in [0.29, 0.717) is 5.56 Å². The van der Waals surface area contributed by atoms with Gasteiger partial charge in [0, 0.05) is 19.3 Å². The number of rotatable bonds is 17. The van der Waals surface area contributed by atoms with E-state index in [-0.39, 0.29) is 32.1 Å². The fourth-order valence-corrected chi connectivity index (χ4v) is 3.29. The maximum absolute atomic E-state index is 13.0. The Balaban J connectivity index is 3.07. The van der Waals surface area contributed by atoms with E-state index < -0.39 is 72.0 Å². The molecule has 4 unspecified atom stereocenters. The van der Waals surface area contributed by atoms with Crippen molar-refractivity contribution in [3.8, 4) is 0 Å². The van der Waals surface area contributed by atoms with Crippen molar-refractivity contribution in [1.82, 2.24) is 16.0 Å². The summed E-state index contributed by atoms with van der Waals surface area (Å²) in [4.78, 5) is 83.7. The summed E-state index contributed by atoms with van der Waals surface area (Å²) >= 11 is 0. The third-order valence-corrected chi connectivity index (χ3v) is 5.28. The molecule has 1 rings (SSSR count). The van der Waals surface area contributed by atoms with E-state index in [2.05, 4.69) is 16.0 Å². The van der Waals surface area contributed by atoms with E-state index in [4.69, 9.17) is 22.9 Å². The van der Waals surface area contributed by atoms with Crippen molar-refractivity contribution in [3.63, 3.8) is 0 Å². The lowest BCUT2D eigenvalue weighted by atomic mass is 10.0. The zero-order chi connectivity index (χ0) is 28.8. The minimum absolute atomic E-state index is 0.0621. The Morgan fingerprint density at radius 2 is 1.13 bits per heavy atom. The van der Waals surface area contributed by atoms with Gasteiger partial charge in [-0.1, -0.05) is 30.3 Å². The van der Waals surface area contributed by atoms with Gasteiger partial charge in [0.05, 0.1) is 12.5 Å². The number of carboxylic acid groups (broad SMARTS) is 1. The summed E-state index contributed by atoms with van der Waals surface area (Å²) in [6.07, 6.45) is -1.82. The maximum atomic E-state index is 13.0. The predicted octanol–water partition coefficient (Wildman–Crippen LogP) is -3.50. The first-order chi connectivity index (χ1) is 17.8. The van der Waals surface area contributed by atoms with Crippen LogP contribution in [0.3, 0.4) is 0 Å². The Bertz CT molecular complexity index is 1030. The highest BCUT2D eigenvalue weighted by Crippen LogP contribution is 2.07. The lowest BCUT2D eigenvalue weighted by molar-refractivity contribution is -0.142. The molecule has 1 aromatic carbocycles. The molecule has 38 heavy (non-hydrogen) atoms. The van der Waals surface area contributed by atoms with E-state index in [1.54, 1.807) is 30.3 Å². The van der Waals surface area contributed by atoms with Crippen LogP contribution in [0.4, 0.5) is 0 Å². The van der Waals surface area contributed by atoms with Crippen molar-refractivity contribution in [2.24, 2.45) is 22.9 Å². The number of carbonyl (C=O) groups excluding carboxylic acids is 6. The highest BCUT2D eigenvalue weighted by molar-refractivity contribution is 5.95. The number of hydrogen-bond acceptors (Lipinski definition) is 8. The van der Waals surface area contributed by atoms with Gasteiger partial charge in [0.2, 0.25) is 35.4 Å². The van der Waals surface area contributed by atoms with Crippen molar-refractivity contribution < 1.29 is 38.7 Å². The number of nitrogens with one attached hydrogen (secondary N) is 3. The number of benzene rings is 1. The van der Waals surface area contributed by atoms with Crippen LogP contribution < -0.4 is 38.9 Å². The molecule has 0 saturated heterocycles. The van der Waals surface area contributed by atoms with Crippen LogP contribution in [0.1, 0.15) is 37.7 Å². The van der Waals surface area contributed by atoms with Crippen molar-refractivity contribution in [1.29, 1.82) is 0 Å². The number of hydrogen-bond donors (Lipinski definition) is 8. The Morgan fingerprint density at radius 3 is 1.55 bits per heavy atom. The van der Waals surface area contributed by atoms with Gasteiger partial charge in [-0.3, -0.25) is 28.8 Å². The van der Waals surface area contributed by atoms with Crippen LogP contribution in [-0.4, -0.2) is 70.7 Å². The zero-order valence-electron chi connectivity index (χ0n) is 20.6. The molecular formula is C23H33N7O8. The van der Waals surface area contributed by atoms with Gasteiger partial charge in [-0.25, -0.2) is 4.79 Å². The van der Waals surface area contributed by atoms with Gasteiger partial charge in [-0.2, -0.15) is 0 Å². The Labute approximate surface area is 218 Å². The summed E-state index contributed by atoms with van der Waals surface area (Å²) in [5.74, 6) is -6.58. The average molecular weight is 536 g/mol. The van der Waals surface area contributed by atoms with E-state index in [1.807, 2.05) is 0 Å². The normalized spacial score (nSPS) is 13.7. The largest absolute Gasteiger partial charge is 0.480 e. The summed E-state index contributed by atoms with van der Waals surface area (Å²) in [6.45, 7) is 0. The summed E-state index contributed by atoms with van der Waals surface area (Å²) in [6, 6.07) is 2.87. The fourth-order valence-electron chi connectivity index (χ4n) is 3.29. The SMILES string of the molecule is NC(=O)CCC(NC(=O)C(N)CC(N)=O)C(=O)NC(CCC(N)=O)C(=O)NC(Cc1ccccc1)C(=O)O. The lowest BCUT2D eigenvalue weighted by Crippen LogP contribution is -2.57. The molecule has 0 fully saturated rings. The van der Waals surface area contributed by atoms with Crippen LogP contribution in [0.2, 0.25) is 0 Å². The topological polar surface area (TPSA) is 280 Å². The number of carbonyl (C=O) groups is 7. The summed E-state index contributed by atoms with van der Waals surface area (Å²) in [5.41, 5.74) is 21.5. The number of amides is 6. The molecule has 12 N–H and O–H groups in total. The van der Waals surface area contributed by atoms with Crippen molar-refractivity contribution in [2.45, 2.75) is 62.7 Å². The molecule has 0 bridgehead atoms. The molecule has 6 amide bonds. The summed E-state index contributed by atoms with van der Waals surface area (Å²) < 4.78 is 0. The van der Waals surface area contributed by atoms with E-state index in [9.17, 15) is 38.7 Å². The smallest absolute Gasteiger partial charge is 0.326 e. The van der Waals surface area contributed by atoms with Crippen LogP contribution in [0.15, 0.2) is 30.3 Å². The molecule has 208 valence electrons. The van der Waals surface area contributed by atoms with Gasteiger partial charge >= 0.3 is 5.97 Å². The monoisotopic (exact) mass is 535 g/mol. The van der Waals surface area contributed by atoms with Crippen molar-refractivity contribution in [2.75, 3.05) is 0 Å². The Hall–Kier alpha value is -4.53. The molecule has 0 aliphatic carbocycles. The summed E-state index contributed by atoms with van der Waals surface area (Å²) in [7, 11) is 0. The van der Waals surface area contributed by atoms with E-state index in [1.165, 1.54) is 0 Å². The molecular weight excluding hydrogens is 502 g/mol. The van der Waals surface area contributed by atoms with Crippen molar-refractivity contribution in [3.05, 3.63) is 35.9 Å².